The van der Waals surface area contributed by atoms with E-state index in [-0.39, 0.29) is 4.75 Å². The maximum atomic E-state index is 11.7. The number of aliphatic imine (C=N–C) groups is 1. The number of nitrogens with zero attached hydrogens (tertiary/aromatic N) is 2. The van der Waals surface area contributed by atoms with E-state index in [0.29, 0.717) is 6.54 Å². The van der Waals surface area contributed by atoms with Crippen LogP contribution in [0.15, 0.2) is 4.99 Å². The summed E-state index contributed by atoms with van der Waals surface area (Å²) in [5.41, 5.74) is 0. The average molecular weight is 322 g/mol. The monoisotopic (exact) mass is 321 g/mol. The van der Waals surface area contributed by atoms with E-state index >= 15 is 0 Å². The molecule has 0 saturated carbocycles. The van der Waals surface area contributed by atoms with Gasteiger partial charge < -0.3 is 10.2 Å². The van der Waals surface area contributed by atoms with Gasteiger partial charge >= 0.3 is 0 Å². The summed E-state index contributed by atoms with van der Waals surface area (Å²) in [5, 5.41) is 3.21. The Bertz CT molecular complexity index is 470. The molecule has 1 aliphatic rings. The molecule has 1 heterocycles. The minimum Gasteiger partial charge on any atom is -0.355 e. The van der Waals surface area contributed by atoms with Crippen LogP contribution in [0.5, 0.6) is 0 Å². The molecular weight excluding hydrogens is 294 g/mol. The van der Waals surface area contributed by atoms with Crippen molar-refractivity contribution >= 4 is 27.6 Å². The Morgan fingerprint density at radius 1 is 1.45 bits per heavy atom. The second kappa shape index (κ2) is 6.13. The van der Waals surface area contributed by atoms with Gasteiger partial charge in [0.2, 0.25) is 0 Å². The highest BCUT2D eigenvalue weighted by atomic mass is 32.2. The summed E-state index contributed by atoms with van der Waals surface area (Å²) in [6, 6.07) is 0. The van der Waals surface area contributed by atoms with Gasteiger partial charge in [-0.15, -0.1) is 0 Å². The highest BCUT2D eigenvalue weighted by Crippen LogP contribution is 2.29. The molecule has 20 heavy (non-hydrogen) atoms. The number of thioether (sulfide) groups is 1. The molecule has 0 unspecified atom stereocenters. The van der Waals surface area contributed by atoms with Crippen LogP contribution in [0.2, 0.25) is 0 Å². The molecule has 1 saturated heterocycles. The van der Waals surface area contributed by atoms with E-state index in [0.717, 1.165) is 24.8 Å². The lowest BCUT2D eigenvalue weighted by Gasteiger charge is -2.39. The SMILES string of the molecule is CN=C(NCC(C)(C)S(C)(=O)=O)N1CCSC(C)(C)C1. The molecule has 0 spiro atoms. The van der Waals surface area contributed by atoms with E-state index in [1.807, 2.05) is 11.8 Å². The Morgan fingerprint density at radius 2 is 2.05 bits per heavy atom. The van der Waals surface area contributed by atoms with Crippen LogP contribution in [0, 0.1) is 0 Å². The van der Waals surface area contributed by atoms with Gasteiger partial charge in [0, 0.05) is 43.4 Å². The summed E-state index contributed by atoms with van der Waals surface area (Å²) in [4.78, 5) is 6.49. The Labute approximate surface area is 127 Å². The molecule has 1 aliphatic heterocycles. The van der Waals surface area contributed by atoms with Crippen LogP contribution in [-0.2, 0) is 9.84 Å². The molecule has 1 N–H and O–H groups in total. The quantitative estimate of drug-likeness (QED) is 0.625. The van der Waals surface area contributed by atoms with Crippen LogP contribution in [0.4, 0.5) is 0 Å². The zero-order chi connectivity index (χ0) is 15.6. The molecule has 1 rings (SSSR count). The van der Waals surface area contributed by atoms with E-state index in [4.69, 9.17) is 0 Å². The van der Waals surface area contributed by atoms with Crippen molar-refractivity contribution < 1.29 is 8.42 Å². The third kappa shape index (κ3) is 4.55. The summed E-state index contributed by atoms with van der Waals surface area (Å²) in [6.07, 6.45) is 1.28. The Balaban J connectivity index is 2.70. The van der Waals surface area contributed by atoms with Gasteiger partial charge in [0.25, 0.3) is 0 Å². The first kappa shape index (κ1) is 17.6. The lowest BCUT2D eigenvalue weighted by molar-refractivity contribution is 0.374. The molecule has 0 aliphatic carbocycles. The van der Waals surface area contributed by atoms with Crippen molar-refractivity contribution in [2.75, 3.05) is 38.7 Å². The molecule has 0 aromatic rings. The molecule has 0 aromatic heterocycles. The van der Waals surface area contributed by atoms with Gasteiger partial charge in [-0.3, -0.25) is 4.99 Å². The predicted octanol–water partition coefficient (Wildman–Crippen LogP) is 1.21. The number of nitrogens with one attached hydrogen (secondary N) is 1. The minimum absolute atomic E-state index is 0.197. The third-order valence-corrected chi connectivity index (χ3v) is 7.06. The fourth-order valence-corrected chi connectivity index (χ4v) is 3.40. The first-order chi connectivity index (χ1) is 8.98. The van der Waals surface area contributed by atoms with E-state index < -0.39 is 14.6 Å². The topological polar surface area (TPSA) is 61.8 Å². The van der Waals surface area contributed by atoms with Gasteiger partial charge in [-0.2, -0.15) is 11.8 Å². The summed E-state index contributed by atoms with van der Waals surface area (Å²) < 4.78 is 22.9. The molecule has 0 bridgehead atoms. The highest BCUT2D eigenvalue weighted by Gasteiger charge is 2.32. The maximum Gasteiger partial charge on any atom is 0.193 e. The van der Waals surface area contributed by atoms with E-state index in [1.165, 1.54) is 6.26 Å². The van der Waals surface area contributed by atoms with Gasteiger partial charge in [-0.05, 0) is 27.7 Å². The summed E-state index contributed by atoms with van der Waals surface area (Å²) >= 11 is 1.96. The van der Waals surface area contributed by atoms with Crippen LogP contribution in [0.1, 0.15) is 27.7 Å². The van der Waals surface area contributed by atoms with Crippen molar-refractivity contribution in [1.29, 1.82) is 0 Å². The number of rotatable bonds is 3. The second-order valence-electron chi connectivity index (χ2n) is 6.46. The lowest BCUT2D eigenvalue weighted by Crippen LogP contribution is -2.54. The smallest absolute Gasteiger partial charge is 0.193 e. The van der Waals surface area contributed by atoms with E-state index in [1.54, 1.807) is 20.9 Å². The van der Waals surface area contributed by atoms with Crippen molar-refractivity contribution in [2.24, 2.45) is 4.99 Å². The van der Waals surface area contributed by atoms with Crippen LogP contribution in [-0.4, -0.2) is 67.5 Å². The molecular formula is C13H27N3O2S2. The standard InChI is InChI=1S/C13H27N3O2S2/c1-12(2)10-16(7-8-19-12)11(14-5)15-9-13(3,4)20(6,17)18/h7-10H2,1-6H3,(H,14,15). The average Bonchev–Trinajstić information content (AvgIpc) is 2.26. The molecule has 7 heteroatoms. The van der Waals surface area contributed by atoms with Gasteiger partial charge in [0.15, 0.2) is 15.8 Å². The first-order valence-electron chi connectivity index (χ1n) is 6.78. The Hall–Kier alpha value is -0.430. The normalized spacial score (nSPS) is 20.9. The summed E-state index contributed by atoms with van der Waals surface area (Å²) in [5.74, 6) is 1.85. The largest absolute Gasteiger partial charge is 0.355 e. The first-order valence-corrected chi connectivity index (χ1v) is 9.65. The lowest BCUT2D eigenvalue weighted by atomic mass is 10.2. The summed E-state index contributed by atoms with van der Waals surface area (Å²) in [6.45, 7) is 10.1. The number of sulfone groups is 1. The Morgan fingerprint density at radius 3 is 2.50 bits per heavy atom. The second-order valence-corrected chi connectivity index (χ2v) is 10.9. The van der Waals surface area contributed by atoms with E-state index in [2.05, 4.69) is 29.1 Å². The molecule has 5 nitrogen and oxygen atoms in total. The predicted molar refractivity (Wildman–Crippen MR) is 88.4 cm³/mol. The maximum absolute atomic E-state index is 11.7. The van der Waals surface area contributed by atoms with E-state index in [9.17, 15) is 8.42 Å². The van der Waals surface area contributed by atoms with Crippen molar-refractivity contribution in [3.63, 3.8) is 0 Å². The number of guanidine groups is 1. The molecule has 1 fully saturated rings. The molecule has 0 atom stereocenters. The van der Waals surface area contributed by atoms with Crippen LogP contribution >= 0.6 is 11.8 Å². The highest BCUT2D eigenvalue weighted by molar-refractivity contribution is 8.00. The van der Waals surface area contributed by atoms with Gasteiger partial charge in [0.1, 0.15) is 0 Å². The summed E-state index contributed by atoms with van der Waals surface area (Å²) in [7, 11) is -1.36. The molecule has 118 valence electrons. The fraction of sp³-hybridized carbons (Fsp3) is 0.923. The zero-order valence-electron chi connectivity index (χ0n) is 13.4. The molecule has 0 aromatic carbocycles. The van der Waals surface area contributed by atoms with Crippen molar-refractivity contribution in [2.45, 2.75) is 37.2 Å². The number of hydrogen-bond acceptors (Lipinski definition) is 4. The van der Waals surface area contributed by atoms with Crippen molar-refractivity contribution in [3.05, 3.63) is 0 Å². The van der Waals surface area contributed by atoms with Gasteiger partial charge in [-0.1, -0.05) is 0 Å². The van der Waals surface area contributed by atoms with Crippen LogP contribution in [0.3, 0.4) is 0 Å². The van der Waals surface area contributed by atoms with Crippen LogP contribution in [0.25, 0.3) is 0 Å². The molecule has 0 radical (unpaired) electrons. The van der Waals surface area contributed by atoms with Gasteiger partial charge in [0.05, 0.1) is 4.75 Å². The Kier molecular flexibility index (Phi) is 5.40. The van der Waals surface area contributed by atoms with Crippen molar-refractivity contribution in [3.8, 4) is 0 Å². The van der Waals surface area contributed by atoms with Crippen LogP contribution < -0.4 is 5.32 Å². The zero-order valence-corrected chi connectivity index (χ0v) is 15.0. The fourth-order valence-electron chi connectivity index (χ4n) is 1.95. The van der Waals surface area contributed by atoms with Crippen molar-refractivity contribution in [1.82, 2.24) is 10.2 Å². The third-order valence-electron chi connectivity index (χ3n) is 3.61. The minimum atomic E-state index is -3.10. The number of hydrogen-bond donors (Lipinski definition) is 1. The van der Waals surface area contributed by atoms with Gasteiger partial charge in [-0.25, -0.2) is 8.42 Å². The molecule has 0 amide bonds.